The minimum absolute atomic E-state index is 0.0380. The maximum atomic E-state index is 12.3. The molecule has 0 unspecified atom stereocenters. The van der Waals surface area contributed by atoms with Crippen LogP contribution in [-0.4, -0.2) is 28.8 Å². The molecular formula is C20H24N2O4. The molecule has 1 heterocycles. The van der Waals surface area contributed by atoms with Crippen LogP contribution >= 0.6 is 0 Å². The molecular weight excluding hydrogens is 332 g/mol. The SMILES string of the molecule is CC(=O)N[C@H](CC(=O)OCC(=O)c1cc(C)n(C)c1C)c1ccccc1. The summed E-state index contributed by atoms with van der Waals surface area (Å²) in [5, 5.41) is 2.74. The third kappa shape index (κ3) is 4.81. The number of hydrogen-bond donors (Lipinski definition) is 1. The molecule has 0 radical (unpaired) electrons. The molecule has 0 aliphatic rings. The Hall–Kier alpha value is -2.89. The molecule has 0 aliphatic heterocycles. The van der Waals surface area contributed by atoms with Gasteiger partial charge in [0.1, 0.15) is 0 Å². The number of esters is 1. The first kappa shape index (κ1) is 19.4. The van der Waals surface area contributed by atoms with E-state index in [1.165, 1.54) is 6.92 Å². The fourth-order valence-corrected chi connectivity index (χ4v) is 2.77. The number of amides is 1. The number of nitrogens with zero attached hydrogens (tertiary/aromatic N) is 1. The van der Waals surface area contributed by atoms with E-state index in [9.17, 15) is 14.4 Å². The van der Waals surface area contributed by atoms with Gasteiger partial charge < -0.3 is 14.6 Å². The number of aromatic nitrogens is 1. The molecule has 6 heteroatoms. The van der Waals surface area contributed by atoms with Crippen LogP contribution in [0.4, 0.5) is 0 Å². The molecule has 0 saturated carbocycles. The lowest BCUT2D eigenvalue weighted by molar-refractivity contribution is -0.143. The van der Waals surface area contributed by atoms with Crippen LogP contribution < -0.4 is 5.32 Å². The highest BCUT2D eigenvalue weighted by Gasteiger charge is 2.20. The van der Waals surface area contributed by atoms with E-state index in [-0.39, 0.29) is 24.7 Å². The number of nitrogens with one attached hydrogen (secondary N) is 1. The third-order valence-corrected chi connectivity index (χ3v) is 4.39. The molecule has 1 aromatic carbocycles. The van der Waals surface area contributed by atoms with Gasteiger partial charge in [0.2, 0.25) is 11.7 Å². The van der Waals surface area contributed by atoms with Crippen molar-refractivity contribution in [3.8, 4) is 0 Å². The zero-order valence-electron chi connectivity index (χ0n) is 15.5. The van der Waals surface area contributed by atoms with Crippen LogP contribution in [0.15, 0.2) is 36.4 Å². The first-order valence-corrected chi connectivity index (χ1v) is 8.43. The van der Waals surface area contributed by atoms with Crippen molar-refractivity contribution in [3.05, 3.63) is 58.9 Å². The summed E-state index contributed by atoms with van der Waals surface area (Å²) in [6, 6.07) is 10.5. The van der Waals surface area contributed by atoms with Crippen LogP contribution in [0.5, 0.6) is 0 Å². The molecule has 0 fully saturated rings. The average Bonchev–Trinajstić information content (AvgIpc) is 2.87. The van der Waals surface area contributed by atoms with E-state index in [0.29, 0.717) is 5.56 Å². The normalized spacial score (nSPS) is 11.7. The van der Waals surface area contributed by atoms with Gasteiger partial charge in [0.15, 0.2) is 6.61 Å². The lowest BCUT2D eigenvalue weighted by Crippen LogP contribution is -2.29. The predicted octanol–water partition coefficient (Wildman–Crippen LogP) is 2.64. The zero-order valence-corrected chi connectivity index (χ0v) is 15.5. The number of aryl methyl sites for hydroxylation is 1. The quantitative estimate of drug-likeness (QED) is 0.611. The van der Waals surface area contributed by atoms with Crippen molar-refractivity contribution < 1.29 is 19.1 Å². The molecule has 0 spiro atoms. The molecule has 138 valence electrons. The van der Waals surface area contributed by atoms with Gasteiger partial charge in [0, 0.05) is 30.9 Å². The van der Waals surface area contributed by atoms with Crippen molar-refractivity contribution in [2.45, 2.75) is 33.2 Å². The van der Waals surface area contributed by atoms with Gasteiger partial charge in [-0.3, -0.25) is 14.4 Å². The Balaban J connectivity index is 1.98. The number of ether oxygens (including phenoxy) is 1. The molecule has 1 atom stereocenters. The molecule has 0 saturated heterocycles. The molecule has 6 nitrogen and oxygen atoms in total. The molecule has 26 heavy (non-hydrogen) atoms. The number of carbonyl (C=O) groups is 3. The van der Waals surface area contributed by atoms with Gasteiger partial charge in [-0.05, 0) is 25.5 Å². The fraction of sp³-hybridized carbons (Fsp3) is 0.350. The van der Waals surface area contributed by atoms with Crippen LogP contribution in [0.1, 0.15) is 46.7 Å². The molecule has 1 amide bonds. The summed E-state index contributed by atoms with van der Waals surface area (Å²) in [6.07, 6.45) is -0.0380. The van der Waals surface area contributed by atoms with Crippen molar-refractivity contribution in [3.63, 3.8) is 0 Å². The monoisotopic (exact) mass is 356 g/mol. The van der Waals surface area contributed by atoms with Crippen molar-refractivity contribution in [1.82, 2.24) is 9.88 Å². The van der Waals surface area contributed by atoms with Crippen LogP contribution in [-0.2, 0) is 21.4 Å². The van der Waals surface area contributed by atoms with Gasteiger partial charge in [-0.15, -0.1) is 0 Å². The van der Waals surface area contributed by atoms with E-state index in [2.05, 4.69) is 5.32 Å². The zero-order chi connectivity index (χ0) is 19.3. The standard InChI is InChI=1S/C20H24N2O4/c1-13-10-17(14(2)22(13)4)19(24)12-26-20(25)11-18(21-15(3)23)16-8-6-5-7-9-16/h5-10,18H,11-12H2,1-4H3,(H,21,23)/t18-/m1/s1. The Kier molecular flexibility index (Phi) is 6.33. The topological polar surface area (TPSA) is 77.4 Å². The lowest BCUT2D eigenvalue weighted by Gasteiger charge is -2.17. The Morgan fingerprint density at radius 2 is 1.81 bits per heavy atom. The molecule has 1 aromatic heterocycles. The number of ketones is 1. The van der Waals surface area contributed by atoms with Gasteiger partial charge in [-0.25, -0.2) is 0 Å². The number of rotatable bonds is 7. The van der Waals surface area contributed by atoms with Gasteiger partial charge in [-0.2, -0.15) is 0 Å². The Labute approximate surface area is 153 Å². The van der Waals surface area contributed by atoms with E-state index in [4.69, 9.17) is 4.74 Å². The second-order valence-corrected chi connectivity index (χ2v) is 6.30. The van der Waals surface area contributed by atoms with Crippen molar-refractivity contribution >= 4 is 17.7 Å². The highest BCUT2D eigenvalue weighted by Crippen LogP contribution is 2.18. The Morgan fingerprint density at radius 3 is 2.35 bits per heavy atom. The fourth-order valence-electron chi connectivity index (χ4n) is 2.77. The number of hydrogen-bond acceptors (Lipinski definition) is 4. The van der Waals surface area contributed by atoms with E-state index < -0.39 is 12.0 Å². The van der Waals surface area contributed by atoms with Gasteiger partial charge in [0.25, 0.3) is 0 Å². The summed E-state index contributed by atoms with van der Waals surface area (Å²) in [4.78, 5) is 35.9. The minimum Gasteiger partial charge on any atom is -0.457 e. The highest BCUT2D eigenvalue weighted by molar-refractivity contribution is 5.99. The van der Waals surface area contributed by atoms with E-state index in [0.717, 1.165) is 17.0 Å². The lowest BCUT2D eigenvalue weighted by atomic mass is 10.0. The second-order valence-electron chi connectivity index (χ2n) is 6.30. The summed E-state index contributed by atoms with van der Waals surface area (Å²) < 4.78 is 7.06. The number of Topliss-reactive ketones (excluding diaryl/α,β-unsaturated/α-hetero) is 1. The maximum absolute atomic E-state index is 12.3. The van der Waals surface area contributed by atoms with Crippen LogP contribution in [0.2, 0.25) is 0 Å². The summed E-state index contributed by atoms with van der Waals surface area (Å²) >= 11 is 0. The van der Waals surface area contributed by atoms with Crippen molar-refractivity contribution in [1.29, 1.82) is 0 Å². The van der Waals surface area contributed by atoms with Gasteiger partial charge in [-0.1, -0.05) is 30.3 Å². The molecule has 2 rings (SSSR count). The summed E-state index contributed by atoms with van der Waals surface area (Å²) in [6.45, 7) is 4.84. The Morgan fingerprint density at radius 1 is 1.15 bits per heavy atom. The first-order valence-electron chi connectivity index (χ1n) is 8.43. The molecule has 2 aromatic rings. The van der Waals surface area contributed by atoms with Crippen molar-refractivity contribution in [2.75, 3.05) is 6.61 Å². The predicted molar refractivity (Wildman–Crippen MR) is 97.8 cm³/mol. The minimum atomic E-state index is -0.536. The summed E-state index contributed by atoms with van der Waals surface area (Å²) in [7, 11) is 1.88. The Bertz CT molecular complexity index is 809. The van der Waals surface area contributed by atoms with Crippen LogP contribution in [0, 0.1) is 13.8 Å². The highest BCUT2D eigenvalue weighted by atomic mass is 16.5. The van der Waals surface area contributed by atoms with E-state index >= 15 is 0 Å². The first-order chi connectivity index (χ1) is 12.3. The number of benzene rings is 1. The van der Waals surface area contributed by atoms with Crippen LogP contribution in [0.25, 0.3) is 0 Å². The molecule has 0 bridgehead atoms. The maximum Gasteiger partial charge on any atom is 0.308 e. The third-order valence-electron chi connectivity index (χ3n) is 4.39. The number of carbonyl (C=O) groups excluding carboxylic acids is 3. The largest absolute Gasteiger partial charge is 0.457 e. The summed E-state index contributed by atoms with van der Waals surface area (Å²) in [5.41, 5.74) is 3.16. The summed E-state index contributed by atoms with van der Waals surface area (Å²) in [5.74, 6) is -1.01. The smallest absolute Gasteiger partial charge is 0.308 e. The van der Waals surface area contributed by atoms with Crippen molar-refractivity contribution in [2.24, 2.45) is 7.05 Å². The van der Waals surface area contributed by atoms with Crippen LogP contribution in [0.3, 0.4) is 0 Å². The van der Waals surface area contributed by atoms with Gasteiger partial charge in [0.05, 0.1) is 12.5 Å². The second kappa shape index (κ2) is 8.47. The van der Waals surface area contributed by atoms with E-state index in [1.54, 1.807) is 6.07 Å². The molecule has 1 N–H and O–H groups in total. The van der Waals surface area contributed by atoms with E-state index in [1.807, 2.05) is 55.8 Å². The van der Waals surface area contributed by atoms with Gasteiger partial charge >= 0.3 is 5.97 Å². The molecule has 0 aliphatic carbocycles. The average molecular weight is 356 g/mol.